The van der Waals surface area contributed by atoms with E-state index in [0.29, 0.717) is 0 Å². The predicted molar refractivity (Wildman–Crippen MR) is 95.0 cm³/mol. The molecule has 1 saturated heterocycles. The van der Waals surface area contributed by atoms with Crippen molar-refractivity contribution in [2.45, 2.75) is 18.7 Å². The summed E-state index contributed by atoms with van der Waals surface area (Å²) in [6.07, 6.45) is 2.09. The van der Waals surface area contributed by atoms with Gasteiger partial charge in [-0.1, -0.05) is 25.2 Å². The Labute approximate surface area is 139 Å². The van der Waals surface area contributed by atoms with Crippen LogP contribution in [0.5, 0.6) is 0 Å². The summed E-state index contributed by atoms with van der Waals surface area (Å²) >= 11 is 3.50. The maximum atomic E-state index is 12.0. The smallest absolute Gasteiger partial charge is 0.225 e. The predicted octanol–water partition coefficient (Wildman–Crippen LogP) is 3.32. The molecule has 0 radical (unpaired) electrons. The lowest BCUT2D eigenvalue weighted by molar-refractivity contribution is -0.134. The quantitative estimate of drug-likeness (QED) is 0.806. The van der Waals surface area contributed by atoms with Crippen molar-refractivity contribution in [2.75, 3.05) is 37.3 Å². The van der Waals surface area contributed by atoms with E-state index in [9.17, 15) is 4.79 Å². The van der Waals surface area contributed by atoms with E-state index in [1.165, 1.54) is 9.60 Å². The fraction of sp³-hybridized carbons (Fsp3) is 0.500. The number of benzene rings is 1. The number of piperazine rings is 1. The molecule has 1 aromatic heterocycles. The monoisotopic (exact) mass is 335 g/mol. The molecule has 0 unspecified atom stereocenters. The van der Waals surface area contributed by atoms with Crippen molar-refractivity contribution < 1.29 is 4.79 Å². The van der Waals surface area contributed by atoms with Gasteiger partial charge in [0.25, 0.3) is 0 Å². The average Bonchev–Trinajstić information content (AvgIpc) is 2.97. The van der Waals surface area contributed by atoms with Crippen molar-refractivity contribution in [3.05, 3.63) is 18.2 Å². The van der Waals surface area contributed by atoms with Crippen LogP contribution in [0.1, 0.15) is 13.8 Å². The van der Waals surface area contributed by atoms with E-state index in [2.05, 4.69) is 29.4 Å². The van der Waals surface area contributed by atoms with Crippen molar-refractivity contribution in [3.8, 4) is 0 Å². The molecule has 1 aromatic carbocycles. The maximum absolute atomic E-state index is 12.0. The van der Waals surface area contributed by atoms with Crippen LogP contribution >= 0.6 is 23.1 Å². The molecule has 1 fully saturated rings. The van der Waals surface area contributed by atoms with Crippen LogP contribution in [0, 0.1) is 5.92 Å². The number of anilines is 1. The van der Waals surface area contributed by atoms with Crippen LogP contribution in [0.4, 0.5) is 5.13 Å². The number of thioether (sulfide) groups is 1. The van der Waals surface area contributed by atoms with Gasteiger partial charge in [0.2, 0.25) is 5.91 Å². The topological polar surface area (TPSA) is 36.4 Å². The Bertz CT molecular complexity index is 675. The standard InChI is InChI=1S/C16H21N3OS2/c1-11(2)15(20)18-6-8-19(9-7-18)16-17-13-5-4-12(21-3)10-14(13)22-16/h4-5,10-11H,6-9H2,1-3H3. The zero-order valence-electron chi connectivity index (χ0n) is 13.2. The second-order valence-electron chi connectivity index (χ2n) is 5.80. The van der Waals surface area contributed by atoms with Gasteiger partial charge in [-0.2, -0.15) is 0 Å². The lowest BCUT2D eigenvalue weighted by atomic mass is 10.2. The summed E-state index contributed by atoms with van der Waals surface area (Å²) in [5.74, 6) is 0.340. The van der Waals surface area contributed by atoms with E-state index in [4.69, 9.17) is 4.98 Å². The molecule has 1 aliphatic heterocycles. The highest BCUT2D eigenvalue weighted by atomic mass is 32.2. The number of amides is 1. The van der Waals surface area contributed by atoms with E-state index in [1.54, 1.807) is 23.1 Å². The number of hydrogen-bond donors (Lipinski definition) is 0. The van der Waals surface area contributed by atoms with Crippen LogP contribution in [0.25, 0.3) is 10.2 Å². The van der Waals surface area contributed by atoms with Crippen molar-refractivity contribution in [1.82, 2.24) is 9.88 Å². The molecule has 0 saturated carbocycles. The molecule has 0 N–H and O–H groups in total. The molecule has 0 aliphatic carbocycles. The second-order valence-corrected chi connectivity index (χ2v) is 7.69. The molecule has 3 rings (SSSR count). The van der Waals surface area contributed by atoms with Crippen molar-refractivity contribution in [1.29, 1.82) is 0 Å². The van der Waals surface area contributed by atoms with Crippen molar-refractivity contribution >= 4 is 44.4 Å². The number of hydrogen-bond acceptors (Lipinski definition) is 5. The largest absolute Gasteiger partial charge is 0.345 e. The van der Waals surface area contributed by atoms with Gasteiger partial charge in [-0.05, 0) is 24.5 Å². The Balaban J connectivity index is 1.72. The minimum absolute atomic E-state index is 0.0824. The normalized spacial score (nSPS) is 15.8. The van der Waals surface area contributed by atoms with E-state index in [1.807, 2.05) is 18.7 Å². The van der Waals surface area contributed by atoms with Gasteiger partial charge in [0.15, 0.2) is 5.13 Å². The first-order chi connectivity index (χ1) is 10.6. The maximum Gasteiger partial charge on any atom is 0.225 e. The molecule has 6 heteroatoms. The molecule has 1 aliphatic rings. The highest BCUT2D eigenvalue weighted by Crippen LogP contribution is 2.32. The van der Waals surface area contributed by atoms with Gasteiger partial charge in [-0.15, -0.1) is 11.8 Å². The molecule has 0 atom stereocenters. The highest BCUT2D eigenvalue weighted by Gasteiger charge is 2.24. The van der Waals surface area contributed by atoms with Crippen molar-refractivity contribution in [2.24, 2.45) is 5.92 Å². The minimum Gasteiger partial charge on any atom is -0.345 e. The third kappa shape index (κ3) is 3.08. The first-order valence-electron chi connectivity index (χ1n) is 7.57. The number of carbonyl (C=O) groups excluding carboxylic acids is 1. The SMILES string of the molecule is CSc1ccc2nc(N3CCN(C(=O)C(C)C)CC3)sc2c1. The Morgan fingerprint density at radius 1 is 1.27 bits per heavy atom. The molecular formula is C16H21N3OS2. The second kappa shape index (κ2) is 6.46. The van der Waals surface area contributed by atoms with Gasteiger partial charge in [0.05, 0.1) is 10.2 Å². The molecule has 4 nitrogen and oxygen atoms in total. The molecule has 22 heavy (non-hydrogen) atoms. The molecular weight excluding hydrogens is 314 g/mol. The molecule has 1 amide bonds. The van der Waals surface area contributed by atoms with Crippen LogP contribution in [0.3, 0.4) is 0 Å². The van der Waals surface area contributed by atoms with Gasteiger partial charge >= 0.3 is 0 Å². The zero-order chi connectivity index (χ0) is 15.7. The lowest BCUT2D eigenvalue weighted by Crippen LogP contribution is -2.49. The van der Waals surface area contributed by atoms with E-state index >= 15 is 0 Å². The third-order valence-corrected chi connectivity index (χ3v) is 5.74. The number of thiazole rings is 1. The van der Waals surface area contributed by atoms with E-state index in [0.717, 1.165) is 36.8 Å². The fourth-order valence-corrected chi connectivity index (χ4v) is 4.21. The number of nitrogens with zero attached hydrogens (tertiary/aromatic N) is 3. The average molecular weight is 335 g/mol. The Morgan fingerprint density at radius 3 is 2.64 bits per heavy atom. The summed E-state index contributed by atoms with van der Waals surface area (Å²) in [6, 6.07) is 6.43. The van der Waals surface area contributed by atoms with Crippen LogP contribution in [0.2, 0.25) is 0 Å². The summed E-state index contributed by atoms with van der Waals surface area (Å²) < 4.78 is 1.24. The summed E-state index contributed by atoms with van der Waals surface area (Å²) in [5.41, 5.74) is 1.07. The summed E-state index contributed by atoms with van der Waals surface area (Å²) in [6.45, 7) is 7.25. The lowest BCUT2D eigenvalue weighted by Gasteiger charge is -2.35. The van der Waals surface area contributed by atoms with Gasteiger partial charge in [0.1, 0.15) is 0 Å². The highest BCUT2D eigenvalue weighted by molar-refractivity contribution is 7.98. The van der Waals surface area contributed by atoms with Gasteiger partial charge < -0.3 is 9.80 Å². The number of aromatic nitrogens is 1. The molecule has 2 heterocycles. The van der Waals surface area contributed by atoms with Gasteiger partial charge in [-0.3, -0.25) is 4.79 Å². The fourth-order valence-electron chi connectivity index (χ4n) is 2.64. The number of fused-ring (bicyclic) bond motifs is 1. The third-order valence-electron chi connectivity index (χ3n) is 3.94. The first-order valence-corrected chi connectivity index (χ1v) is 9.61. The minimum atomic E-state index is 0.0824. The van der Waals surface area contributed by atoms with Crippen LogP contribution in [-0.2, 0) is 4.79 Å². The van der Waals surface area contributed by atoms with Crippen LogP contribution in [0.15, 0.2) is 23.1 Å². The number of rotatable bonds is 3. The zero-order valence-corrected chi connectivity index (χ0v) is 14.8. The summed E-state index contributed by atoms with van der Waals surface area (Å²) in [7, 11) is 0. The van der Waals surface area contributed by atoms with Gasteiger partial charge in [0, 0.05) is 37.0 Å². The number of carbonyl (C=O) groups is 1. The van der Waals surface area contributed by atoms with Crippen molar-refractivity contribution in [3.63, 3.8) is 0 Å². The van der Waals surface area contributed by atoms with E-state index < -0.39 is 0 Å². The van der Waals surface area contributed by atoms with Crippen LogP contribution < -0.4 is 4.90 Å². The molecule has 2 aromatic rings. The Kier molecular flexibility index (Phi) is 4.59. The molecule has 0 spiro atoms. The first kappa shape index (κ1) is 15.6. The summed E-state index contributed by atoms with van der Waals surface area (Å²) in [5, 5.41) is 1.07. The Morgan fingerprint density at radius 2 is 2.00 bits per heavy atom. The Hall–Kier alpha value is -1.27. The van der Waals surface area contributed by atoms with E-state index in [-0.39, 0.29) is 11.8 Å². The summed E-state index contributed by atoms with van der Waals surface area (Å²) in [4.78, 5) is 22.3. The molecule has 118 valence electrons. The molecule has 0 bridgehead atoms. The van der Waals surface area contributed by atoms with Gasteiger partial charge in [-0.25, -0.2) is 4.98 Å². The van der Waals surface area contributed by atoms with Crippen LogP contribution in [-0.4, -0.2) is 48.2 Å².